The Balaban J connectivity index is 0.00000225. The molecule has 1 saturated heterocycles. The standard InChI is InChI=1S/C20H23N5OS.ClH/c1-2-16-17(15-7-4-3-5-8-15)23-19(27-16)24-18(26)20(9-12-21-13-10-20)25-14-6-11-22-25;/h3-8,11,14,21H,2,9-10,12-13H2,1H3,(H,23,24,26);1H. The maximum absolute atomic E-state index is 13.3. The highest BCUT2D eigenvalue weighted by atomic mass is 35.5. The van der Waals surface area contributed by atoms with Gasteiger partial charge in [0.1, 0.15) is 5.54 Å². The zero-order chi connectivity index (χ0) is 18.7. The number of nitrogens with one attached hydrogen (secondary N) is 2. The van der Waals surface area contributed by atoms with Gasteiger partial charge in [0.2, 0.25) is 0 Å². The molecule has 0 aliphatic carbocycles. The Hall–Kier alpha value is -2.22. The quantitative estimate of drug-likeness (QED) is 0.663. The van der Waals surface area contributed by atoms with Crippen molar-refractivity contribution in [2.45, 2.75) is 31.7 Å². The van der Waals surface area contributed by atoms with Crippen molar-refractivity contribution in [3.8, 4) is 11.3 Å². The van der Waals surface area contributed by atoms with E-state index in [4.69, 9.17) is 4.98 Å². The Morgan fingerprint density at radius 1 is 1.25 bits per heavy atom. The normalized spacial score (nSPS) is 15.6. The van der Waals surface area contributed by atoms with Gasteiger partial charge in [-0.1, -0.05) is 37.3 Å². The highest BCUT2D eigenvalue weighted by Crippen LogP contribution is 2.34. The SMILES string of the molecule is CCc1sc(NC(=O)C2(n3cccn3)CCNCC2)nc1-c1ccccc1.Cl. The Morgan fingerprint density at radius 2 is 2.00 bits per heavy atom. The van der Waals surface area contributed by atoms with E-state index in [2.05, 4.69) is 34.8 Å². The number of piperidine rings is 1. The first kappa shape index (κ1) is 20.5. The second kappa shape index (κ2) is 8.86. The van der Waals surface area contributed by atoms with E-state index in [0.717, 1.165) is 30.8 Å². The van der Waals surface area contributed by atoms with Crippen LogP contribution in [0.5, 0.6) is 0 Å². The molecule has 2 N–H and O–H groups in total. The smallest absolute Gasteiger partial charge is 0.254 e. The van der Waals surface area contributed by atoms with Gasteiger partial charge in [-0.2, -0.15) is 5.10 Å². The van der Waals surface area contributed by atoms with Crippen molar-refractivity contribution in [3.63, 3.8) is 0 Å². The minimum absolute atomic E-state index is 0. The number of nitrogens with zero attached hydrogens (tertiary/aromatic N) is 3. The van der Waals surface area contributed by atoms with E-state index in [9.17, 15) is 4.79 Å². The van der Waals surface area contributed by atoms with Crippen LogP contribution in [0.2, 0.25) is 0 Å². The fraction of sp³-hybridized carbons (Fsp3) is 0.350. The zero-order valence-electron chi connectivity index (χ0n) is 15.7. The summed E-state index contributed by atoms with van der Waals surface area (Å²) in [4.78, 5) is 19.2. The minimum atomic E-state index is -0.667. The summed E-state index contributed by atoms with van der Waals surface area (Å²) in [7, 11) is 0. The van der Waals surface area contributed by atoms with Crippen LogP contribution >= 0.6 is 23.7 Å². The molecule has 1 aliphatic rings. The average Bonchev–Trinajstić information content (AvgIpc) is 3.39. The number of halogens is 1. The fourth-order valence-corrected chi connectivity index (χ4v) is 4.52. The molecule has 1 amide bonds. The number of hydrogen-bond donors (Lipinski definition) is 2. The van der Waals surface area contributed by atoms with Crippen LogP contribution in [0.3, 0.4) is 0 Å². The van der Waals surface area contributed by atoms with E-state index in [1.54, 1.807) is 22.2 Å². The molecule has 1 aromatic carbocycles. The third-order valence-corrected chi connectivity index (χ3v) is 6.20. The number of aryl methyl sites for hydroxylation is 1. The number of carbonyl (C=O) groups is 1. The summed E-state index contributed by atoms with van der Waals surface area (Å²) < 4.78 is 1.80. The molecular formula is C20H24ClN5OS. The molecule has 148 valence electrons. The van der Waals surface area contributed by atoms with Crippen LogP contribution in [0.15, 0.2) is 48.8 Å². The first-order valence-corrected chi connectivity index (χ1v) is 10.1. The van der Waals surface area contributed by atoms with Gasteiger partial charge < -0.3 is 5.32 Å². The van der Waals surface area contributed by atoms with Gasteiger partial charge in [0.05, 0.1) is 5.69 Å². The molecule has 0 spiro atoms. The van der Waals surface area contributed by atoms with Crippen molar-refractivity contribution in [1.82, 2.24) is 20.1 Å². The maximum atomic E-state index is 13.3. The van der Waals surface area contributed by atoms with Gasteiger partial charge in [0.25, 0.3) is 5.91 Å². The first-order chi connectivity index (χ1) is 13.2. The summed E-state index contributed by atoms with van der Waals surface area (Å²) in [6.45, 7) is 3.70. The summed E-state index contributed by atoms with van der Waals surface area (Å²) >= 11 is 1.55. The summed E-state index contributed by atoms with van der Waals surface area (Å²) in [5, 5.41) is 11.4. The number of hydrogen-bond acceptors (Lipinski definition) is 5. The van der Waals surface area contributed by atoms with Crippen molar-refractivity contribution in [2.75, 3.05) is 18.4 Å². The Kier molecular flexibility index (Phi) is 6.49. The number of benzene rings is 1. The van der Waals surface area contributed by atoms with Crippen molar-refractivity contribution < 1.29 is 4.79 Å². The van der Waals surface area contributed by atoms with Gasteiger partial charge in [-0.15, -0.1) is 23.7 Å². The number of rotatable bonds is 5. The summed E-state index contributed by atoms with van der Waals surface area (Å²) in [5.74, 6) is -0.0382. The second-order valence-electron chi connectivity index (χ2n) is 6.70. The molecule has 0 bridgehead atoms. The lowest BCUT2D eigenvalue weighted by Crippen LogP contribution is -2.52. The molecule has 3 aromatic rings. The van der Waals surface area contributed by atoms with Gasteiger partial charge in [-0.3, -0.25) is 14.8 Å². The molecule has 28 heavy (non-hydrogen) atoms. The van der Waals surface area contributed by atoms with Gasteiger partial charge >= 0.3 is 0 Å². The predicted octanol–water partition coefficient (Wildman–Crippen LogP) is 3.71. The molecular weight excluding hydrogens is 394 g/mol. The van der Waals surface area contributed by atoms with E-state index >= 15 is 0 Å². The van der Waals surface area contributed by atoms with Gasteiger partial charge in [0, 0.05) is 22.8 Å². The summed E-state index contributed by atoms with van der Waals surface area (Å²) in [5.41, 5.74) is 1.37. The van der Waals surface area contributed by atoms with Crippen LogP contribution in [-0.2, 0) is 16.8 Å². The number of anilines is 1. The van der Waals surface area contributed by atoms with Gasteiger partial charge in [-0.05, 0) is 38.4 Å². The summed E-state index contributed by atoms with van der Waals surface area (Å²) in [6.07, 6.45) is 5.89. The molecule has 3 heterocycles. The zero-order valence-corrected chi connectivity index (χ0v) is 17.4. The lowest BCUT2D eigenvalue weighted by molar-refractivity contribution is -0.126. The molecule has 2 aromatic heterocycles. The van der Waals surface area contributed by atoms with Crippen LogP contribution in [0.1, 0.15) is 24.6 Å². The number of aromatic nitrogens is 3. The fourth-order valence-electron chi connectivity index (χ4n) is 3.60. The molecule has 0 atom stereocenters. The number of thiazole rings is 1. The highest BCUT2D eigenvalue weighted by molar-refractivity contribution is 7.16. The van der Waals surface area contributed by atoms with Crippen molar-refractivity contribution in [2.24, 2.45) is 0 Å². The monoisotopic (exact) mass is 417 g/mol. The lowest BCUT2D eigenvalue weighted by atomic mass is 9.87. The third kappa shape index (κ3) is 3.83. The van der Waals surface area contributed by atoms with Crippen molar-refractivity contribution >= 4 is 34.8 Å². The number of carbonyl (C=O) groups excluding carboxylic acids is 1. The topological polar surface area (TPSA) is 71.8 Å². The van der Waals surface area contributed by atoms with Crippen LogP contribution in [0.4, 0.5) is 5.13 Å². The van der Waals surface area contributed by atoms with E-state index in [1.165, 1.54) is 4.88 Å². The molecule has 6 nitrogen and oxygen atoms in total. The van der Waals surface area contributed by atoms with Crippen molar-refractivity contribution in [1.29, 1.82) is 0 Å². The van der Waals surface area contributed by atoms with E-state index in [-0.39, 0.29) is 18.3 Å². The van der Waals surface area contributed by atoms with Gasteiger partial charge in [-0.25, -0.2) is 4.98 Å². The number of amides is 1. The molecule has 1 aliphatic heterocycles. The van der Waals surface area contributed by atoms with Crippen LogP contribution < -0.4 is 10.6 Å². The van der Waals surface area contributed by atoms with Crippen molar-refractivity contribution in [3.05, 3.63) is 53.7 Å². The Bertz CT molecular complexity index is 904. The first-order valence-electron chi connectivity index (χ1n) is 9.30. The molecule has 1 fully saturated rings. The maximum Gasteiger partial charge on any atom is 0.254 e. The third-order valence-electron chi connectivity index (χ3n) is 5.08. The molecule has 0 radical (unpaired) electrons. The average molecular weight is 418 g/mol. The Morgan fingerprint density at radius 3 is 2.64 bits per heavy atom. The van der Waals surface area contributed by atoms with Gasteiger partial charge in [0.15, 0.2) is 5.13 Å². The van der Waals surface area contributed by atoms with E-state index in [1.807, 2.05) is 30.5 Å². The predicted molar refractivity (Wildman–Crippen MR) is 115 cm³/mol. The summed E-state index contributed by atoms with van der Waals surface area (Å²) in [6, 6.07) is 12.0. The minimum Gasteiger partial charge on any atom is -0.317 e. The largest absolute Gasteiger partial charge is 0.317 e. The van der Waals surface area contributed by atoms with E-state index in [0.29, 0.717) is 18.0 Å². The second-order valence-corrected chi connectivity index (χ2v) is 7.78. The van der Waals surface area contributed by atoms with E-state index < -0.39 is 5.54 Å². The highest BCUT2D eigenvalue weighted by Gasteiger charge is 2.42. The van der Waals surface area contributed by atoms with Crippen LogP contribution in [0.25, 0.3) is 11.3 Å². The van der Waals surface area contributed by atoms with Crippen LogP contribution in [-0.4, -0.2) is 33.8 Å². The molecule has 0 saturated carbocycles. The lowest BCUT2D eigenvalue weighted by Gasteiger charge is -2.36. The molecule has 4 rings (SSSR count). The molecule has 8 heteroatoms. The Labute approximate surface area is 174 Å². The van der Waals surface area contributed by atoms with Crippen LogP contribution in [0, 0.1) is 0 Å². The molecule has 0 unspecified atom stereocenters.